The van der Waals surface area contributed by atoms with Crippen LogP contribution in [-0.4, -0.2) is 27.5 Å². The molecule has 1 aromatic rings. The summed E-state index contributed by atoms with van der Waals surface area (Å²) in [6.45, 7) is 2.33. The monoisotopic (exact) mass is 297 g/mol. The zero-order valence-corrected chi connectivity index (χ0v) is 12.2. The lowest BCUT2D eigenvalue weighted by atomic mass is 9.76. The van der Waals surface area contributed by atoms with E-state index in [9.17, 15) is 9.59 Å². The molecule has 1 aliphatic rings. The molecular formula is C13H19N3O3S. The molecule has 0 bridgehead atoms. The molecule has 0 aliphatic heterocycles. The summed E-state index contributed by atoms with van der Waals surface area (Å²) in [5.41, 5.74) is 5.39. The smallest absolute Gasteiger partial charge is 0.355 e. The molecule has 1 amide bonds. The second-order valence-corrected chi connectivity index (χ2v) is 6.41. The number of nitrogens with two attached hydrogens (primary N) is 1. The summed E-state index contributed by atoms with van der Waals surface area (Å²) in [6.07, 6.45) is 3.46. The zero-order valence-electron chi connectivity index (χ0n) is 11.4. The van der Waals surface area contributed by atoms with Crippen LogP contribution in [0.1, 0.15) is 48.1 Å². The first-order valence-corrected chi connectivity index (χ1v) is 7.53. The Morgan fingerprint density at radius 3 is 3.00 bits per heavy atom. The van der Waals surface area contributed by atoms with Gasteiger partial charge in [-0.15, -0.1) is 11.3 Å². The van der Waals surface area contributed by atoms with E-state index in [4.69, 9.17) is 10.8 Å². The first-order chi connectivity index (χ1) is 9.40. The van der Waals surface area contributed by atoms with Crippen molar-refractivity contribution in [2.24, 2.45) is 11.7 Å². The average Bonchev–Trinajstić information content (AvgIpc) is 2.84. The Balaban J connectivity index is 1.92. The Bertz CT molecular complexity index is 517. The number of hydrogen-bond acceptors (Lipinski definition) is 5. The summed E-state index contributed by atoms with van der Waals surface area (Å²) in [4.78, 5) is 26.9. The van der Waals surface area contributed by atoms with Crippen LogP contribution < -0.4 is 11.1 Å². The van der Waals surface area contributed by atoms with Crippen LogP contribution in [-0.2, 0) is 11.3 Å². The van der Waals surface area contributed by atoms with Gasteiger partial charge in [0.25, 0.3) is 0 Å². The van der Waals surface area contributed by atoms with E-state index < -0.39 is 11.5 Å². The van der Waals surface area contributed by atoms with Crippen LogP contribution in [0.4, 0.5) is 0 Å². The quantitative estimate of drug-likeness (QED) is 0.778. The maximum Gasteiger partial charge on any atom is 0.355 e. The minimum absolute atomic E-state index is 0.00741. The third-order valence-electron chi connectivity index (χ3n) is 3.66. The maximum absolute atomic E-state index is 12.2. The number of nitrogens with one attached hydrogen (secondary N) is 1. The van der Waals surface area contributed by atoms with Gasteiger partial charge in [-0.25, -0.2) is 9.78 Å². The molecule has 0 radical (unpaired) electrons. The molecule has 0 saturated heterocycles. The number of hydrogen-bond donors (Lipinski definition) is 3. The first kappa shape index (κ1) is 14.9. The summed E-state index contributed by atoms with van der Waals surface area (Å²) in [5, 5.41) is 13.6. The third-order valence-corrected chi connectivity index (χ3v) is 4.50. The number of aromatic carboxylic acids is 1. The van der Waals surface area contributed by atoms with Gasteiger partial charge < -0.3 is 16.2 Å². The number of thiazole rings is 1. The summed E-state index contributed by atoms with van der Waals surface area (Å²) >= 11 is 1.22. The predicted molar refractivity (Wildman–Crippen MR) is 75.5 cm³/mol. The van der Waals surface area contributed by atoms with E-state index in [1.165, 1.54) is 16.7 Å². The molecule has 2 unspecified atom stereocenters. The minimum atomic E-state index is -1.06. The standard InChI is InChI=1S/C13H19N3O3S/c1-8-3-2-4-13(14,5-8)12(19)15-6-10-16-9(7-20-10)11(17)18/h7-8H,2-6,14H2,1H3,(H,15,19)(H,17,18). The lowest BCUT2D eigenvalue weighted by Crippen LogP contribution is -2.56. The van der Waals surface area contributed by atoms with Crippen molar-refractivity contribution in [1.82, 2.24) is 10.3 Å². The summed E-state index contributed by atoms with van der Waals surface area (Å²) < 4.78 is 0. The normalized spacial score (nSPS) is 26.2. The van der Waals surface area contributed by atoms with Crippen molar-refractivity contribution >= 4 is 23.2 Å². The molecule has 1 aliphatic carbocycles. The first-order valence-electron chi connectivity index (χ1n) is 6.65. The molecule has 4 N–H and O–H groups in total. The highest BCUT2D eigenvalue weighted by Crippen LogP contribution is 2.30. The van der Waals surface area contributed by atoms with E-state index in [1.54, 1.807) is 0 Å². The lowest BCUT2D eigenvalue weighted by Gasteiger charge is -2.35. The Morgan fingerprint density at radius 1 is 1.65 bits per heavy atom. The highest BCUT2D eigenvalue weighted by Gasteiger charge is 2.37. The fraction of sp³-hybridized carbons (Fsp3) is 0.615. The molecule has 2 atom stereocenters. The van der Waals surface area contributed by atoms with Crippen LogP contribution in [0.2, 0.25) is 0 Å². The molecule has 6 nitrogen and oxygen atoms in total. The largest absolute Gasteiger partial charge is 0.476 e. The lowest BCUT2D eigenvalue weighted by molar-refractivity contribution is -0.128. The van der Waals surface area contributed by atoms with Crippen LogP contribution in [0, 0.1) is 5.92 Å². The third kappa shape index (κ3) is 3.34. The number of carboxylic acid groups (broad SMARTS) is 1. The van der Waals surface area contributed by atoms with E-state index in [1.807, 2.05) is 0 Å². The van der Waals surface area contributed by atoms with Crippen molar-refractivity contribution in [3.8, 4) is 0 Å². The Kier molecular flexibility index (Phi) is 4.39. The minimum Gasteiger partial charge on any atom is -0.476 e. The molecule has 110 valence electrons. The molecule has 7 heteroatoms. The Hall–Kier alpha value is -1.47. The molecular weight excluding hydrogens is 278 g/mol. The fourth-order valence-electron chi connectivity index (χ4n) is 2.62. The van der Waals surface area contributed by atoms with Crippen molar-refractivity contribution in [3.63, 3.8) is 0 Å². The van der Waals surface area contributed by atoms with Gasteiger partial charge in [-0.05, 0) is 18.8 Å². The number of rotatable bonds is 4. The van der Waals surface area contributed by atoms with Gasteiger partial charge in [-0.1, -0.05) is 19.8 Å². The van der Waals surface area contributed by atoms with Crippen molar-refractivity contribution in [2.75, 3.05) is 0 Å². The van der Waals surface area contributed by atoms with E-state index in [2.05, 4.69) is 17.2 Å². The Morgan fingerprint density at radius 2 is 2.40 bits per heavy atom. The fourth-order valence-corrected chi connectivity index (χ4v) is 3.33. The van der Waals surface area contributed by atoms with Crippen LogP contribution in [0.25, 0.3) is 0 Å². The second kappa shape index (κ2) is 5.88. The van der Waals surface area contributed by atoms with Crippen LogP contribution >= 0.6 is 11.3 Å². The molecule has 1 saturated carbocycles. The highest BCUT2D eigenvalue weighted by atomic mass is 32.1. The van der Waals surface area contributed by atoms with Gasteiger partial charge in [0.2, 0.25) is 5.91 Å². The maximum atomic E-state index is 12.2. The molecule has 1 aromatic heterocycles. The van der Waals surface area contributed by atoms with Gasteiger partial charge in [0, 0.05) is 5.38 Å². The highest BCUT2D eigenvalue weighted by molar-refractivity contribution is 7.09. The van der Waals surface area contributed by atoms with E-state index in [0.717, 1.165) is 12.8 Å². The average molecular weight is 297 g/mol. The molecule has 0 spiro atoms. The van der Waals surface area contributed by atoms with Gasteiger partial charge in [0.15, 0.2) is 5.69 Å². The number of amides is 1. The molecule has 0 aromatic carbocycles. The van der Waals surface area contributed by atoms with Crippen molar-refractivity contribution in [1.29, 1.82) is 0 Å². The predicted octanol–water partition coefficient (Wildman–Crippen LogP) is 1.37. The SMILES string of the molecule is CC1CCCC(N)(C(=O)NCc2nc(C(=O)O)cs2)C1. The van der Waals surface area contributed by atoms with Gasteiger partial charge >= 0.3 is 5.97 Å². The second-order valence-electron chi connectivity index (χ2n) is 5.47. The molecule has 1 fully saturated rings. The number of nitrogens with zero attached hydrogens (tertiary/aromatic N) is 1. The molecule has 2 rings (SSSR count). The van der Waals surface area contributed by atoms with Gasteiger partial charge in [0.1, 0.15) is 5.01 Å². The van der Waals surface area contributed by atoms with Crippen molar-refractivity contribution in [3.05, 3.63) is 16.1 Å². The van der Waals surface area contributed by atoms with Gasteiger partial charge in [0.05, 0.1) is 12.1 Å². The van der Waals surface area contributed by atoms with Gasteiger partial charge in [-0.2, -0.15) is 0 Å². The topological polar surface area (TPSA) is 105 Å². The zero-order chi connectivity index (χ0) is 14.8. The molecule has 1 heterocycles. The van der Waals surface area contributed by atoms with Crippen LogP contribution in [0.3, 0.4) is 0 Å². The van der Waals surface area contributed by atoms with Crippen LogP contribution in [0.15, 0.2) is 5.38 Å². The van der Waals surface area contributed by atoms with Crippen molar-refractivity contribution in [2.45, 2.75) is 44.7 Å². The number of carboxylic acids is 1. The summed E-state index contributed by atoms with van der Waals surface area (Å²) in [5.74, 6) is -0.774. The molecule has 20 heavy (non-hydrogen) atoms. The van der Waals surface area contributed by atoms with Crippen molar-refractivity contribution < 1.29 is 14.7 Å². The Labute approximate surface area is 121 Å². The van der Waals surface area contributed by atoms with Gasteiger partial charge in [-0.3, -0.25) is 4.79 Å². The van der Waals surface area contributed by atoms with E-state index >= 15 is 0 Å². The summed E-state index contributed by atoms with van der Waals surface area (Å²) in [7, 11) is 0. The van der Waals surface area contributed by atoms with E-state index in [0.29, 0.717) is 23.8 Å². The van der Waals surface area contributed by atoms with Crippen LogP contribution in [0.5, 0.6) is 0 Å². The number of carbonyl (C=O) groups is 2. The number of carbonyl (C=O) groups excluding carboxylic acids is 1. The number of aromatic nitrogens is 1. The summed E-state index contributed by atoms with van der Waals surface area (Å²) in [6, 6.07) is 0. The van der Waals surface area contributed by atoms with E-state index in [-0.39, 0.29) is 18.1 Å².